The Labute approximate surface area is 228 Å². The number of aliphatic hydroxyl groups excluding tert-OH is 1. The van der Waals surface area contributed by atoms with Gasteiger partial charge in [-0.1, -0.05) is 41.4 Å². The number of carbonyl (C=O) groups is 1. The average Bonchev–Trinajstić information content (AvgIpc) is 3.61. The van der Waals surface area contributed by atoms with E-state index in [2.05, 4.69) is 25.4 Å². The number of rotatable bonds is 8. The number of H-pyrrole nitrogens is 2. The first-order valence-electron chi connectivity index (χ1n) is 12.1. The lowest BCUT2D eigenvalue weighted by Crippen LogP contribution is -2.35. The van der Waals surface area contributed by atoms with Gasteiger partial charge in [0, 0.05) is 42.0 Å². The normalized spacial score (nSPS) is 14.9. The summed E-state index contributed by atoms with van der Waals surface area (Å²) in [6.45, 7) is 3.59. The van der Waals surface area contributed by atoms with Crippen molar-refractivity contribution in [3.8, 4) is 22.4 Å². The number of hydrogen-bond acceptors (Lipinski definition) is 5. The molecule has 0 saturated carbocycles. The molecule has 1 amide bonds. The molecule has 3 heterocycles. The molecule has 1 aliphatic heterocycles. The van der Waals surface area contributed by atoms with E-state index in [1.807, 2.05) is 18.2 Å². The summed E-state index contributed by atoms with van der Waals surface area (Å²) < 4.78 is 18.9. The smallest absolute Gasteiger partial charge is 0.268 e. The molecule has 198 valence electrons. The Kier molecular flexibility index (Phi) is 8.11. The average molecular weight is 558 g/mol. The molecule has 8 nitrogen and oxygen atoms in total. The van der Waals surface area contributed by atoms with E-state index < -0.39 is 17.8 Å². The van der Waals surface area contributed by atoms with Crippen molar-refractivity contribution in [3.63, 3.8) is 0 Å². The molecule has 1 atom stereocenters. The summed E-state index contributed by atoms with van der Waals surface area (Å²) in [6, 6.07) is 10.9. The Morgan fingerprint density at radius 3 is 2.68 bits per heavy atom. The number of hydrogen-bond donors (Lipinski definition) is 4. The van der Waals surface area contributed by atoms with Crippen molar-refractivity contribution in [2.75, 3.05) is 32.9 Å². The lowest BCUT2D eigenvalue weighted by molar-refractivity contribution is 0.0342. The van der Waals surface area contributed by atoms with Gasteiger partial charge in [0.15, 0.2) is 0 Å². The molecule has 0 radical (unpaired) electrons. The van der Waals surface area contributed by atoms with Crippen molar-refractivity contribution in [1.82, 2.24) is 25.4 Å². The Hall–Kier alpha value is -3.21. The zero-order chi connectivity index (χ0) is 26.6. The van der Waals surface area contributed by atoms with Gasteiger partial charge in [-0.05, 0) is 41.0 Å². The van der Waals surface area contributed by atoms with Crippen LogP contribution in [0.3, 0.4) is 0 Å². The Morgan fingerprint density at radius 2 is 1.95 bits per heavy atom. The molecule has 38 heavy (non-hydrogen) atoms. The summed E-state index contributed by atoms with van der Waals surface area (Å²) in [7, 11) is 0. The van der Waals surface area contributed by atoms with Gasteiger partial charge in [-0.3, -0.25) is 14.8 Å². The molecule has 1 unspecified atom stereocenters. The van der Waals surface area contributed by atoms with E-state index in [0.29, 0.717) is 10.6 Å². The van der Waals surface area contributed by atoms with Crippen molar-refractivity contribution >= 4 is 29.1 Å². The molecular weight excluding hydrogens is 532 g/mol. The van der Waals surface area contributed by atoms with Gasteiger partial charge < -0.3 is 20.1 Å². The van der Waals surface area contributed by atoms with Gasteiger partial charge in [0.25, 0.3) is 5.91 Å². The number of morpholine rings is 1. The van der Waals surface area contributed by atoms with Gasteiger partial charge in [-0.15, -0.1) is 0 Å². The lowest BCUT2D eigenvalue weighted by Gasteiger charge is -2.27. The summed E-state index contributed by atoms with van der Waals surface area (Å²) in [4.78, 5) is 18.2. The number of ether oxygens (including phenoxy) is 1. The third kappa shape index (κ3) is 5.77. The van der Waals surface area contributed by atoms with E-state index in [-0.39, 0.29) is 17.3 Å². The van der Waals surface area contributed by atoms with Crippen LogP contribution in [0, 0.1) is 5.82 Å². The van der Waals surface area contributed by atoms with E-state index in [1.54, 1.807) is 18.5 Å². The number of carbonyl (C=O) groups excluding carboxylic acids is 1. The van der Waals surface area contributed by atoms with Crippen LogP contribution in [0.15, 0.2) is 54.9 Å². The minimum atomic E-state index is -0.756. The quantitative estimate of drug-likeness (QED) is 0.248. The van der Waals surface area contributed by atoms with Crippen molar-refractivity contribution in [1.29, 1.82) is 0 Å². The predicted molar refractivity (Wildman–Crippen MR) is 144 cm³/mol. The summed E-state index contributed by atoms with van der Waals surface area (Å²) in [5.41, 5.74) is 5.00. The number of halogens is 3. The Morgan fingerprint density at radius 1 is 1.13 bits per heavy atom. The minimum Gasteiger partial charge on any atom is -0.394 e. The molecule has 5 rings (SSSR count). The molecule has 0 aliphatic carbocycles. The van der Waals surface area contributed by atoms with Gasteiger partial charge in [0.2, 0.25) is 0 Å². The summed E-state index contributed by atoms with van der Waals surface area (Å²) in [6.07, 6.45) is 3.42. The first-order valence-corrected chi connectivity index (χ1v) is 12.9. The van der Waals surface area contributed by atoms with Crippen LogP contribution in [0.2, 0.25) is 10.0 Å². The van der Waals surface area contributed by atoms with Gasteiger partial charge in [-0.25, -0.2) is 4.39 Å². The number of benzene rings is 2. The molecule has 1 saturated heterocycles. The molecule has 0 bridgehead atoms. The first kappa shape index (κ1) is 26.4. The van der Waals surface area contributed by atoms with E-state index >= 15 is 0 Å². The van der Waals surface area contributed by atoms with Crippen molar-refractivity contribution in [3.05, 3.63) is 87.5 Å². The molecule has 4 aromatic rings. The van der Waals surface area contributed by atoms with Crippen LogP contribution < -0.4 is 5.32 Å². The van der Waals surface area contributed by atoms with E-state index in [0.717, 1.165) is 60.8 Å². The molecule has 2 aromatic carbocycles. The standard InChI is InChI=1S/C27H26Cl2FN5O3/c28-21-9-16(1-2-18(21)14-35-5-7-38-8-6-35)20-13-32-34-26(20)19-11-24(31-12-19)27(37)33-25(15-36)17-3-4-23(30)22(29)10-17/h1-4,9-13,25,31,36H,5-8,14-15H2,(H,32,34)(H,33,37). The number of amides is 1. The SMILES string of the molecule is O=C(NC(CO)c1ccc(F)c(Cl)c1)c1cc(-c2[nH]ncc2-c2ccc(CN3CCOCC3)c(Cl)c2)c[nH]1. The molecular formula is C27H26Cl2FN5O3. The zero-order valence-electron chi connectivity index (χ0n) is 20.3. The fraction of sp³-hybridized carbons (Fsp3) is 0.259. The highest BCUT2D eigenvalue weighted by Crippen LogP contribution is 2.33. The maximum absolute atomic E-state index is 13.5. The van der Waals surface area contributed by atoms with E-state index in [1.165, 1.54) is 18.2 Å². The maximum atomic E-state index is 13.5. The molecule has 2 aromatic heterocycles. The predicted octanol–water partition coefficient (Wildman–Crippen LogP) is 4.81. The second kappa shape index (κ2) is 11.7. The molecule has 1 aliphatic rings. The van der Waals surface area contributed by atoms with Crippen LogP contribution in [0.25, 0.3) is 22.4 Å². The summed E-state index contributed by atoms with van der Waals surface area (Å²) >= 11 is 12.5. The minimum absolute atomic E-state index is 0.0848. The van der Waals surface area contributed by atoms with Crippen LogP contribution in [0.4, 0.5) is 4.39 Å². The number of aliphatic hydroxyl groups is 1. The van der Waals surface area contributed by atoms with Crippen LogP contribution in [0.1, 0.15) is 27.7 Å². The summed E-state index contributed by atoms with van der Waals surface area (Å²) in [5, 5.41) is 20.3. The van der Waals surface area contributed by atoms with Gasteiger partial charge >= 0.3 is 0 Å². The third-order valence-electron chi connectivity index (χ3n) is 6.55. The largest absolute Gasteiger partial charge is 0.394 e. The number of aromatic amines is 2. The number of aromatic nitrogens is 3. The Bertz CT molecular complexity index is 1430. The Balaban J connectivity index is 1.32. The fourth-order valence-electron chi connectivity index (χ4n) is 4.44. The van der Waals surface area contributed by atoms with Crippen molar-refractivity contribution in [2.24, 2.45) is 0 Å². The van der Waals surface area contributed by atoms with Crippen LogP contribution >= 0.6 is 23.2 Å². The first-order chi connectivity index (χ1) is 18.4. The number of nitrogens with zero attached hydrogens (tertiary/aromatic N) is 2. The molecule has 4 N–H and O–H groups in total. The second-order valence-electron chi connectivity index (χ2n) is 9.04. The van der Waals surface area contributed by atoms with Gasteiger partial charge in [-0.2, -0.15) is 5.10 Å². The van der Waals surface area contributed by atoms with E-state index in [9.17, 15) is 14.3 Å². The summed E-state index contributed by atoms with van der Waals surface area (Å²) in [5.74, 6) is -1.01. The van der Waals surface area contributed by atoms with Crippen LogP contribution in [-0.4, -0.2) is 64.0 Å². The van der Waals surface area contributed by atoms with E-state index in [4.69, 9.17) is 27.9 Å². The highest BCUT2D eigenvalue weighted by atomic mass is 35.5. The van der Waals surface area contributed by atoms with Crippen molar-refractivity contribution < 1.29 is 19.0 Å². The highest BCUT2D eigenvalue weighted by Gasteiger charge is 2.20. The van der Waals surface area contributed by atoms with Gasteiger partial charge in [0.05, 0.1) is 42.8 Å². The topological polar surface area (TPSA) is 106 Å². The second-order valence-corrected chi connectivity index (χ2v) is 9.85. The van der Waals surface area contributed by atoms with Crippen molar-refractivity contribution in [2.45, 2.75) is 12.6 Å². The van der Waals surface area contributed by atoms with Gasteiger partial charge in [0.1, 0.15) is 11.5 Å². The zero-order valence-corrected chi connectivity index (χ0v) is 21.8. The fourth-order valence-corrected chi connectivity index (χ4v) is 4.87. The third-order valence-corrected chi connectivity index (χ3v) is 7.19. The number of nitrogens with one attached hydrogen (secondary N) is 3. The molecule has 1 fully saturated rings. The van der Waals surface area contributed by atoms with Crippen LogP contribution in [-0.2, 0) is 11.3 Å². The highest BCUT2D eigenvalue weighted by molar-refractivity contribution is 6.31. The monoisotopic (exact) mass is 557 g/mol. The maximum Gasteiger partial charge on any atom is 0.268 e. The van der Waals surface area contributed by atoms with Crippen LogP contribution in [0.5, 0.6) is 0 Å². The molecule has 0 spiro atoms. The lowest BCUT2D eigenvalue weighted by atomic mass is 10.0. The molecule has 11 heteroatoms.